The van der Waals surface area contributed by atoms with Crippen LogP contribution in [0.15, 0.2) is 77.9 Å². The molecule has 0 atom stereocenters. The molecule has 2 heterocycles. The van der Waals surface area contributed by atoms with E-state index in [-0.39, 0.29) is 5.43 Å². The molecular weight excluding hydrogens is 412 g/mol. The van der Waals surface area contributed by atoms with Gasteiger partial charge in [-0.3, -0.25) is 9.78 Å². The van der Waals surface area contributed by atoms with E-state index in [4.69, 9.17) is 16.3 Å². The number of ether oxygens (including phenoxy) is 1. The van der Waals surface area contributed by atoms with Gasteiger partial charge in [-0.25, -0.2) is 0 Å². The molecule has 0 fully saturated rings. The van der Waals surface area contributed by atoms with Gasteiger partial charge in [-0.15, -0.1) is 0 Å². The highest BCUT2D eigenvalue weighted by atomic mass is 35.5. The number of hydrogen-bond donors (Lipinski definition) is 2. The van der Waals surface area contributed by atoms with Crippen LogP contribution in [0, 0.1) is 0 Å². The van der Waals surface area contributed by atoms with Crippen molar-refractivity contribution in [2.45, 2.75) is 6.54 Å². The van der Waals surface area contributed by atoms with Crippen LogP contribution in [0.4, 0.5) is 5.69 Å². The number of pyridine rings is 2. The monoisotopic (exact) mass is 434 g/mol. The lowest BCUT2D eigenvalue weighted by atomic mass is 10.2. The maximum atomic E-state index is 12.4. The fourth-order valence-electron chi connectivity index (χ4n) is 3.29. The van der Waals surface area contributed by atoms with Gasteiger partial charge in [0.2, 0.25) is 5.43 Å². The average molecular weight is 435 g/mol. The molecule has 0 aliphatic heterocycles. The zero-order chi connectivity index (χ0) is 21.6. The van der Waals surface area contributed by atoms with Crippen LogP contribution in [-0.4, -0.2) is 22.6 Å². The Bertz CT molecular complexity index is 1240. The third-order valence-electron chi connectivity index (χ3n) is 4.90. The molecule has 2 N–H and O–H groups in total. The molecule has 4 aromatic rings. The molecule has 0 saturated heterocycles. The first kappa shape index (κ1) is 20.9. The molecule has 0 bridgehead atoms. The number of hydrogen-bond acceptors (Lipinski definition) is 5. The maximum Gasteiger partial charge on any atom is 0.224 e. The first-order chi connectivity index (χ1) is 15.1. The van der Waals surface area contributed by atoms with Crippen molar-refractivity contribution in [2.75, 3.05) is 18.4 Å². The van der Waals surface area contributed by atoms with E-state index in [0.29, 0.717) is 23.1 Å². The van der Waals surface area contributed by atoms with Gasteiger partial charge >= 0.3 is 0 Å². The number of halogens is 1. The number of para-hydroxylation sites is 1. The number of nitrogens with one attached hydrogen (secondary N) is 2. The number of anilines is 1. The Morgan fingerprint density at radius 1 is 1.06 bits per heavy atom. The zero-order valence-electron chi connectivity index (χ0n) is 17.1. The topological polar surface area (TPSA) is 68.2 Å². The van der Waals surface area contributed by atoms with Gasteiger partial charge in [-0.2, -0.15) is 0 Å². The summed E-state index contributed by atoms with van der Waals surface area (Å²) in [7, 11) is 1.90. The SMILES string of the molecule is Cn1cc(Oc2ccccc2)c(=O)cc1CNCCNc1ccnc2cc(Cl)ccc12. The standard InChI is InChI=1S/C24H23ClN4O2/c1-29-16-24(31-19-5-3-2-4-6-19)23(30)14-18(29)15-26-11-12-28-21-9-10-27-22-13-17(25)7-8-20(21)22/h2-10,13-14,16,26H,11-12,15H2,1H3,(H,27,28). The van der Waals surface area contributed by atoms with Gasteiger partial charge in [-0.1, -0.05) is 29.8 Å². The summed E-state index contributed by atoms with van der Waals surface area (Å²) in [6, 6.07) is 18.5. The van der Waals surface area contributed by atoms with Crippen LogP contribution in [0.1, 0.15) is 5.69 Å². The molecule has 0 radical (unpaired) electrons. The number of nitrogens with zero attached hydrogens (tertiary/aromatic N) is 2. The summed E-state index contributed by atoms with van der Waals surface area (Å²) in [6.45, 7) is 2.03. The Morgan fingerprint density at radius 3 is 2.74 bits per heavy atom. The van der Waals surface area contributed by atoms with Gasteiger partial charge in [0.05, 0.1) is 11.7 Å². The highest BCUT2D eigenvalue weighted by molar-refractivity contribution is 6.31. The van der Waals surface area contributed by atoms with Crippen molar-refractivity contribution in [3.63, 3.8) is 0 Å². The average Bonchev–Trinajstić information content (AvgIpc) is 2.77. The Balaban J connectivity index is 1.32. The summed E-state index contributed by atoms with van der Waals surface area (Å²) in [5, 5.41) is 8.49. The Morgan fingerprint density at radius 2 is 1.90 bits per heavy atom. The second-order valence-electron chi connectivity index (χ2n) is 7.14. The lowest BCUT2D eigenvalue weighted by Crippen LogP contribution is -2.24. The summed E-state index contributed by atoms with van der Waals surface area (Å²) in [5.74, 6) is 0.950. The molecule has 2 aromatic heterocycles. The first-order valence-corrected chi connectivity index (χ1v) is 10.4. The van der Waals surface area contributed by atoms with Crippen LogP contribution in [0.25, 0.3) is 10.9 Å². The minimum atomic E-state index is -0.140. The molecule has 4 rings (SSSR count). The Kier molecular flexibility index (Phi) is 6.50. The van der Waals surface area contributed by atoms with E-state index in [0.717, 1.165) is 35.4 Å². The lowest BCUT2D eigenvalue weighted by molar-refractivity contribution is 0.470. The zero-order valence-corrected chi connectivity index (χ0v) is 17.9. The molecule has 0 amide bonds. The van der Waals surface area contributed by atoms with E-state index in [1.807, 2.05) is 66.2 Å². The van der Waals surface area contributed by atoms with Crippen LogP contribution in [0.2, 0.25) is 5.02 Å². The van der Waals surface area contributed by atoms with Crippen LogP contribution >= 0.6 is 11.6 Å². The predicted molar refractivity (Wildman–Crippen MR) is 125 cm³/mol. The molecule has 0 unspecified atom stereocenters. The van der Waals surface area contributed by atoms with Gasteiger partial charge in [0, 0.05) is 60.7 Å². The number of benzene rings is 2. The molecule has 158 valence electrons. The molecule has 2 aromatic carbocycles. The third kappa shape index (κ3) is 5.23. The van der Waals surface area contributed by atoms with E-state index in [1.54, 1.807) is 18.5 Å². The fourth-order valence-corrected chi connectivity index (χ4v) is 3.46. The first-order valence-electron chi connectivity index (χ1n) is 10.0. The van der Waals surface area contributed by atoms with Crippen molar-refractivity contribution in [1.29, 1.82) is 0 Å². The lowest BCUT2D eigenvalue weighted by Gasteiger charge is -2.13. The molecule has 0 aliphatic carbocycles. The van der Waals surface area contributed by atoms with E-state index in [9.17, 15) is 4.79 Å². The summed E-state index contributed by atoms with van der Waals surface area (Å²) in [5.41, 5.74) is 2.62. The number of aryl methyl sites for hydroxylation is 1. The molecular formula is C24H23ClN4O2. The van der Waals surface area contributed by atoms with Crippen molar-refractivity contribution < 1.29 is 4.74 Å². The largest absolute Gasteiger partial charge is 0.452 e. The molecule has 0 aliphatic rings. The fraction of sp³-hybridized carbons (Fsp3) is 0.167. The Labute approximate surface area is 185 Å². The van der Waals surface area contributed by atoms with E-state index < -0.39 is 0 Å². The van der Waals surface area contributed by atoms with Crippen LogP contribution in [0.5, 0.6) is 11.5 Å². The van der Waals surface area contributed by atoms with Crippen molar-refractivity contribution >= 4 is 28.2 Å². The van der Waals surface area contributed by atoms with Crippen LogP contribution in [0.3, 0.4) is 0 Å². The normalized spacial score (nSPS) is 10.9. The molecule has 31 heavy (non-hydrogen) atoms. The van der Waals surface area contributed by atoms with E-state index in [2.05, 4.69) is 15.6 Å². The summed E-state index contributed by atoms with van der Waals surface area (Å²) < 4.78 is 7.61. The molecule has 0 spiro atoms. The minimum Gasteiger partial charge on any atom is -0.452 e. The summed E-state index contributed by atoms with van der Waals surface area (Å²) >= 11 is 6.05. The van der Waals surface area contributed by atoms with Crippen molar-refractivity contribution in [3.8, 4) is 11.5 Å². The van der Waals surface area contributed by atoms with Crippen molar-refractivity contribution in [1.82, 2.24) is 14.9 Å². The van der Waals surface area contributed by atoms with E-state index in [1.165, 1.54) is 0 Å². The second kappa shape index (κ2) is 9.64. The van der Waals surface area contributed by atoms with Gasteiger partial charge in [-0.05, 0) is 36.4 Å². The number of aromatic nitrogens is 2. The highest BCUT2D eigenvalue weighted by Crippen LogP contribution is 2.24. The van der Waals surface area contributed by atoms with Crippen LogP contribution in [-0.2, 0) is 13.6 Å². The van der Waals surface area contributed by atoms with Gasteiger partial charge in [0.1, 0.15) is 5.75 Å². The quantitative estimate of drug-likeness (QED) is 0.397. The van der Waals surface area contributed by atoms with Gasteiger partial charge in [0.15, 0.2) is 5.75 Å². The maximum absolute atomic E-state index is 12.4. The summed E-state index contributed by atoms with van der Waals surface area (Å²) in [4.78, 5) is 16.8. The van der Waals surface area contributed by atoms with Gasteiger partial charge < -0.3 is 19.9 Å². The van der Waals surface area contributed by atoms with Gasteiger partial charge in [0.25, 0.3) is 0 Å². The highest BCUT2D eigenvalue weighted by Gasteiger charge is 2.07. The van der Waals surface area contributed by atoms with Crippen molar-refractivity contribution in [2.24, 2.45) is 7.05 Å². The molecule has 0 saturated carbocycles. The minimum absolute atomic E-state index is 0.140. The second-order valence-corrected chi connectivity index (χ2v) is 7.58. The molecule has 6 nitrogen and oxygen atoms in total. The van der Waals surface area contributed by atoms with Crippen LogP contribution < -0.4 is 20.8 Å². The van der Waals surface area contributed by atoms with Crippen molar-refractivity contribution in [3.05, 3.63) is 94.0 Å². The Hall–Kier alpha value is -3.35. The third-order valence-corrected chi connectivity index (χ3v) is 5.14. The molecule has 7 heteroatoms. The number of rotatable bonds is 8. The predicted octanol–water partition coefficient (Wildman–Crippen LogP) is 4.58. The smallest absolute Gasteiger partial charge is 0.224 e. The summed E-state index contributed by atoms with van der Waals surface area (Å²) in [6.07, 6.45) is 3.49. The number of fused-ring (bicyclic) bond motifs is 1. The van der Waals surface area contributed by atoms with E-state index >= 15 is 0 Å².